The van der Waals surface area contributed by atoms with Crippen LogP contribution in [-0.4, -0.2) is 48.4 Å². The van der Waals surface area contributed by atoms with Gasteiger partial charge in [-0.05, 0) is 30.4 Å². The Bertz CT molecular complexity index is 678. The number of nitrogens with zero attached hydrogens (tertiary/aromatic N) is 1. The van der Waals surface area contributed by atoms with Crippen LogP contribution < -0.4 is 5.32 Å². The van der Waals surface area contributed by atoms with Crippen molar-refractivity contribution in [2.75, 3.05) is 19.7 Å². The smallest absolute Gasteiger partial charge is 0.308 e. The van der Waals surface area contributed by atoms with Gasteiger partial charge in [-0.15, -0.1) is 0 Å². The van der Waals surface area contributed by atoms with E-state index in [1.807, 2.05) is 32.0 Å². The molecule has 2 rings (SSSR count). The second-order valence-corrected chi connectivity index (χ2v) is 7.50. The first-order valence-electron chi connectivity index (χ1n) is 9.34. The summed E-state index contributed by atoms with van der Waals surface area (Å²) in [6.07, 6.45) is 1.36. The molecule has 27 heavy (non-hydrogen) atoms. The van der Waals surface area contributed by atoms with E-state index in [1.165, 1.54) is 4.90 Å². The van der Waals surface area contributed by atoms with Crippen LogP contribution in [-0.2, 0) is 25.5 Å². The van der Waals surface area contributed by atoms with Crippen LogP contribution >= 0.6 is 11.6 Å². The molecular weight excluding hydrogens is 368 g/mol. The van der Waals surface area contributed by atoms with Gasteiger partial charge in [-0.3, -0.25) is 14.4 Å². The second-order valence-electron chi connectivity index (χ2n) is 7.09. The summed E-state index contributed by atoms with van der Waals surface area (Å²) in [5.41, 5.74) is 0.888. The van der Waals surface area contributed by atoms with Crippen molar-refractivity contribution in [3.63, 3.8) is 0 Å². The number of halogens is 1. The van der Waals surface area contributed by atoms with E-state index >= 15 is 0 Å². The van der Waals surface area contributed by atoms with Crippen molar-refractivity contribution in [1.82, 2.24) is 10.2 Å². The topological polar surface area (TPSA) is 75.7 Å². The predicted octanol–water partition coefficient (Wildman–Crippen LogP) is 2.58. The molecule has 1 fully saturated rings. The van der Waals surface area contributed by atoms with Gasteiger partial charge in [-0.25, -0.2) is 0 Å². The van der Waals surface area contributed by atoms with Crippen molar-refractivity contribution < 1.29 is 19.1 Å². The number of esters is 1. The number of aryl methyl sites for hydroxylation is 1. The molecule has 1 aliphatic rings. The number of rotatable bonds is 8. The van der Waals surface area contributed by atoms with Gasteiger partial charge < -0.3 is 15.0 Å². The molecule has 7 heteroatoms. The highest BCUT2D eigenvalue weighted by molar-refractivity contribution is 6.31. The van der Waals surface area contributed by atoms with Gasteiger partial charge in [0.1, 0.15) is 6.04 Å². The van der Waals surface area contributed by atoms with Gasteiger partial charge in [0.05, 0.1) is 13.0 Å². The third-order valence-corrected chi connectivity index (χ3v) is 4.90. The minimum atomic E-state index is -0.816. The monoisotopic (exact) mass is 394 g/mol. The number of amides is 2. The SMILES string of the molecule is CC(C)CCOC(=O)CC1C(=O)NCCN1C(=O)CCc1ccccc1Cl. The molecule has 1 unspecified atom stereocenters. The number of hydrogen-bond donors (Lipinski definition) is 1. The van der Waals surface area contributed by atoms with Crippen molar-refractivity contribution in [2.24, 2.45) is 5.92 Å². The van der Waals surface area contributed by atoms with Crippen LogP contribution in [0.15, 0.2) is 24.3 Å². The van der Waals surface area contributed by atoms with E-state index in [4.69, 9.17) is 16.3 Å². The van der Waals surface area contributed by atoms with E-state index in [2.05, 4.69) is 5.32 Å². The highest BCUT2D eigenvalue weighted by Crippen LogP contribution is 2.18. The fourth-order valence-electron chi connectivity index (χ4n) is 2.93. The predicted molar refractivity (Wildman–Crippen MR) is 103 cm³/mol. The van der Waals surface area contributed by atoms with E-state index < -0.39 is 12.0 Å². The van der Waals surface area contributed by atoms with E-state index in [1.54, 1.807) is 6.07 Å². The van der Waals surface area contributed by atoms with Crippen molar-refractivity contribution in [3.8, 4) is 0 Å². The molecular formula is C20H27ClN2O4. The molecule has 1 N–H and O–H groups in total. The molecule has 148 valence electrons. The first-order chi connectivity index (χ1) is 12.9. The van der Waals surface area contributed by atoms with Crippen molar-refractivity contribution in [1.29, 1.82) is 0 Å². The largest absolute Gasteiger partial charge is 0.466 e. The number of carbonyl (C=O) groups excluding carboxylic acids is 3. The van der Waals surface area contributed by atoms with Crippen molar-refractivity contribution >= 4 is 29.4 Å². The molecule has 1 heterocycles. The molecule has 0 aliphatic carbocycles. The molecule has 6 nitrogen and oxygen atoms in total. The highest BCUT2D eigenvalue weighted by atomic mass is 35.5. The summed E-state index contributed by atoms with van der Waals surface area (Å²) >= 11 is 6.13. The summed E-state index contributed by atoms with van der Waals surface area (Å²) in [5, 5.41) is 3.34. The summed E-state index contributed by atoms with van der Waals surface area (Å²) in [7, 11) is 0. The molecule has 2 amide bonds. The molecule has 1 aliphatic heterocycles. The van der Waals surface area contributed by atoms with Gasteiger partial charge in [0.15, 0.2) is 0 Å². The Balaban J connectivity index is 1.93. The third-order valence-electron chi connectivity index (χ3n) is 4.54. The Hall–Kier alpha value is -2.08. The summed E-state index contributed by atoms with van der Waals surface area (Å²) in [5.74, 6) is -0.502. The van der Waals surface area contributed by atoms with Crippen LogP contribution in [0, 0.1) is 5.92 Å². The fourth-order valence-corrected chi connectivity index (χ4v) is 3.16. The minimum Gasteiger partial charge on any atom is -0.466 e. The Morgan fingerprint density at radius 1 is 1.33 bits per heavy atom. The van der Waals surface area contributed by atoms with Crippen LogP contribution in [0.4, 0.5) is 0 Å². The molecule has 0 radical (unpaired) electrons. The van der Waals surface area contributed by atoms with Gasteiger partial charge in [-0.2, -0.15) is 0 Å². The number of nitrogens with one attached hydrogen (secondary N) is 1. The molecule has 1 aromatic rings. The number of carbonyl (C=O) groups is 3. The van der Waals surface area contributed by atoms with Crippen molar-refractivity contribution in [3.05, 3.63) is 34.9 Å². The molecule has 0 aromatic heterocycles. The highest BCUT2D eigenvalue weighted by Gasteiger charge is 2.34. The van der Waals surface area contributed by atoms with Gasteiger partial charge in [0.25, 0.3) is 0 Å². The molecule has 1 aromatic carbocycles. The Morgan fingerprint density at radius 3 is 2.78 bits per heavy atom. The Kier molecular flexibility index (Phi) is 8.10. The lowest BCUT2D eigenvalue weighted by molar-refractivity contribution is -0.152. The molecule has 1 saturated heterocycles. The van der Waals surface area contributed by atoms with Crippen LogP contribution in [0.5, 0.6) is 0 Å². The average molecular weight is 395 g/mol. The Labute approximate surface area is 165 Å². The van der Waals surface area contributed by atoms with Crippen LogP contribution in [0.3, 0.4) is 0 Å². The number of ether oxygens (including phenoxy) is 1. The van der Waals surface area contributed by atoms with Crippen LogP contribution in [0.25, 0.3) is 0 Å². The fraction of sp³-hybridized carbons (Fsp3) is 0.550. The second kappa shape index (κ2) is 10.3. The average Bonchev–Trinajstić information content (AvgIpc) is 2.62. The molecule has 0 saturated carbocycles. The van der Waals surface area contributed by atoms with E-state index in [0.29, 0.717) is 37.1 Å². The number of piperazine rings is 1. The standard InChI is InChI=1S/C20H27ClN2O4/c1-14(2)9-12-27-19(25)13-17-20(26)22-10-11-23(17)18(24)8-7-15-5-3-4-6-16(15)21/h3-6,14,17H,7-13H2,1-2H3,(H,22,26). The number of hydrogen-bond acceptors (Lipinski definition) is 4. The van der Waals surface area contributed by atoms with Crippen molar-refractivity contribution in [2.45, 2.75) is 45.6 Å². The normalized spacial score (nSPS) is 17.0. The molecule has 0 bridgehead atoms. The van der Waals surface area contributed by atoms with E-state index in [-0.39, 0.29) is 24.7 Å². The van der Waals surface area contributed by atoms with Crippen LogP contribution in [0.1, 0.15) is 38.7 Å². The molecule has 0 spiro atoms. The van der Waals surface area contributed by atoms with Gasteiger partial charge >= 0.3 is 5.97 Å². The summed E-state index contributed by atoms with van der Waals surface area (Å²) in [6.45, 7) is 5.18. The maximum atomic E-state index is 12.7. The summed E-state index contributed by atoms with van der Waals surface area (Å²) < 4.78 is 5.20. The first-order valence-corrected chi connectivity index (χ1v) is 9.72. The quantitative estimate of drug-likeness (QED) is 0.687. The minimum absolute atomic E-state index is 0.123. The maximum Gasteiger partial charge on any atom is 0.308 e. The lowest BCUT2D eigenvalue weighted by Crippen LogP contribution is -2.57. The maximum absolute atomic E-state index is 12.7. The Morgan fingerprint density at radius 2 is 2.07 bits per heavy atom. The zero-order chi connectivity index (χ0) is 19.8. The molecule has 1 atom stereocenters. The van der Waals surface area contributed by atoms with Crippen LogP contribution in [0.2, 0.25) is 5.02 Å². The lowest BCUT2D eigenvalue weighted by atomic mass is 10.1. The van der Waals surface area contributed by atoms with Gasteiger partial charge in [0, 0.05) is 24.5 Å². The first kappa shape index (κ1) is 21.2. The zero-order valence-corrected chi connectivity index (χ0v) is 16.6. The van der Waals surface area contributed by atoms with E-state index in [9.17, 15) is 14.4 Å². The summed E-state index contributed by atoms with van der Waals surface area (Å²) in [4.78, 5) is 38.5. The lowest BCUT2D eigenvalue weighted by Gasteiger charge is -2.34. The third kappa shape index (κ3) is 6.54. The van der Waals surface area contributed by atoms with E-state index in [0.717, 1.165) is 12.0 Å². The van der Waals surface area contributed by atoms with Gasteiger partial charge in [-0.1, -0.05) is 43.6 Å². The zero-order valence-electron chi connectivity index (χ0n) is 15.9. The summed E-state index contributed by atoms with van der Waals surface area (Å²) in [6, 6.07) is 6.55. The number of benzene rings is 1. The van der Waals surface area contributed by atoms with Gasteiger partial charge in [0.2, 0.25) is 11.8 Å².